The second kappa shape index (κ2) is 8.59. The Morgan fingerprint density at radius 2 is 2.22 bits per heavy atom. The molecule has 2 rings (SSSR count). The van der Waals surface area contributed by atoms with E-state index in [0.717, 1.165) is 6.42 Å². The molecule has 7 heteroatoms. The fourth-order valence-electron chi connectivity index (χ4n) is 1.84. The van der Waals surface area contributed by atoms with Gasteiger partial charge in [0.25, 0.3) is 5.91 Å². The average Bonchev–Trinajstić information content (AvgIpc) is 3.03. The largest absolute Gasteiger partial charge is 0.494 e. The zero-order chi connectivity index (χ0) is 16.7. The summed E-state index contributed by atoms with van der Waals surface area (Å²) in [5, 5.41) is 4.75. The third-order valence-corrected chi connectivity index (χ3v) is 3.85. The third kappa shape index (κ3) is 4.74. The number of ether oxygens (including phenoxy) is 2. The van der Waals surface area contributed by atoms with Gasteiger partial charge in [-0.1, -0.05) is 6.92 Å². The van der Waals surface area contributed by atoms with Crippen molar-refractivity contribution in [3.63, 3.8) is 0 Å². The normalized spacial score (nSPS) is 10.6. The highest BCUT2D eigenvalue weighted by Crippen LogP contribution is 2.29. The number of nitrogens with zero attached hydrogens (tertiary/aromatic N) is 1. The molecule has 1 N–H and O–H groups in total. The Balaban J connectivity index is 2.09. The maximum absolute atomic E-state index is 14.2. The number of methoxy groups -OCH3 is 1. The lowest BCUT2D eigenvalue weighted by molar-refractivity contribution is 0.0933. The summed E-state index contributed by atoms with van der Waals surface area (Å²) in [5.41, 5.74) is 0.626. The minimum Gasteiger partial charge on any atom is -0.494 e. The number of hydrogen-bond donors (Lipinski definition) is 1. The molecule has 0 saturated heterocycles. The summed E-state index contributed by atoms with van der Waals surface area (Å²) in [7, 11) is 1.56. The second-order valence-corrected chi connectivity index (χ2v) is 5.63. The summed E-state index contributed by atoms with van der Waals surface area (Å²) in [4.78, 5) is 16.1. The van der Waals surface area contributed by atoms with Gasteiger partial charge >= 0.3 is 0 Å². The standard InChI is InChI=1S/C16H19FN2O3S/c1-3-7-22-11-4-5-12(13(17)9-11)16-19-14(10-23-16)15(20)18-6-8-21-2/h4-5,9-10H,3,6-8H2,1-2H3,(H,18,20). The van der Waals surface area contributed by atoms with E-state index < -0.39 is 5.82 Å². The molecule has 0 aliphatic rings. The second-order valence-electron chi connectivity index (χ2n) is 4.78. The molecule has 0 atom stereocenters. The Morgan fingerprint density at radius 1 is 1.39 bits per heavy atom. The molecule has 0 aliphatic carbocycles. The van der Waals surface area contributed by atoms with Gasteiger partial charge in [0, 0.05) is 30.7 Å². The highest BCUT2D eigenvalue weighted by molar-refractivity contribution is 7.13. The lowest BCUT2D eigenvalue weighted by Gasteiger charge is -2.06. The van der Waals surface area contributed by atoms with E-state index in [9.17, 15) is 9.18 Å². The van der Waals surface area contributed by atoms with Crippen molar-refractivity contribution >= 4 is 17.2 Å². The van der Waals surface area contributed by atoms with Crippen molar-refractivity contribution in [2.75, 3.05) is 26.9 Å². The summed E-state index contributed by atoms with van der Waals surface area (Å²) < 4.78 is 24.4. The lowest BCUT2D eigenvalue weighted by Crippen LogP contribution is -2.27. The average molecular weight is 338 g/mol. The van der Waals surface area contributed by atoms with Crippen LogP contribution in [0.4, 0.5) is 4.39 Å². The molecule has 1 aromatic carbocycles. The first-order valence-corrected chi connectivity index (χ1v) is 8.19. The van der Waals surface area contributed by atoms with Crippen LogP contribution in [0.2, 0.25) is 0 Å². The van der Waals surface area contributed by atoms with Crippen molar-refractivity contribution in [3.8, 4) is 16.3 Å². The molecule has 124 valence electrons. The van der Waals surface area contributed by atoms with E-state index in [2.05, 4.69) is 10.3 Å². The van der Waals surface area contributed by atoms with Crippen LogP contribution in [0.1, 0.15) is 23.8 Å². The lowest BCUT2D eigenvalue weighted by atomic mass is 10.2. The van der Waals surface area contributed by atoms with E-state index in [1.807, 2.05) is 6.92 Å². The number of hydrogen-bond acceptors (Lipinski definition) is 5. The van der Waals surface area contributed by atoms with Gasteiger partial charge in [-0.3, -0.25) is 4.79 Å². The SMILES string of the molecule is CCCOc1ccc(-c2nc(C(=O)NCCOC)cs2)c(F)c1. The van der Waals surface area contributed by atoms with Gasteiger partial charge in [-0.15, -0.1) is 11.3 Å². The summed E-state index contributed by atoms with van der Waals surface area (Å²) in [6.45, 7) is 3.36. The zero-order valence-electron chi connectivity index (χ0n) is 13.1. The van der Waals surface area contributed by atoms with E-state index >= 15 is 0 Å². The molecular weight excluding hydrogens is 319 g/mol. The molecule has 0 aliphatic heterocycles. The Labute approximate surface area is 138 Å². The van der Waals surface area contributed by atoms with Gasteiger partial charge in [-0.25, -0.2) is 9.37 Å². The maximum atomic E-state index is 14.2. The molecule has 0 fully saturated rings. The fraction of sp³-hybridized carbons (Fsp3) is 0.375. The zero-order valence-corrected chi connectivity index (χ0v) is 13.9. The highest BCUT2D eigenvalue weighted by Gasteiger charge is 2.14. The van der Waals surface area contributed by atoms with Gasteiger partial charge in [-0.05, 0) is 18.6 Å². The predicted molar refractivity (Wildman–Crippen MR) is 87.5 cm³/mol. The van der Waals surface area contributed by atoms with Crippen LogP contribution in [0.25, 0.3) is 10.6 Å². The van der Waals surface area contributed by atoms with Gasteiger partial charge in [0.05, 0.1) is 13.2 Å². The van der Waals surface area contributed by atoms with Crippen LogP contribution in [-0.2, 0) is 4.74 Å². The number of carbonyl (C=O) groups excluding carboxylic acids is 1. The van der Waals surface area contributed by atoms with Crippen LogP contribution < -0.4 is 10.1 Å². The first kappa shape index (κ1) is 17.4. The molecule has 0 bridgehead atoms. The number of carbonyl (C=O) groups is 1. The quantitative estimate of drug-likeness (QED) is 0.751. The smallest absolute Gasteiger partial charge is 0.270 e. The molecule has 1 heterocycles. The van der Waals surface area contributed by atoms with Gasteiger partial charge in [0.2, 0.25) is 0 Å². The molecule has 0 radical (unpaired) electrons. The number of benzene rings is 1. The van der Waals surface area contributed by atoms with E-state index in [1.54, 1.807) is 24.6 Å². The van der Waals surface area contributed by atoms with Crippen molar-refractivity contribution < 1.29 is 18.7 Å². The highest BCUT2D eigenvalue weighted by atomic mass is 32.1. The van der Waals surface area contributed by atoms with Crippen molar-refractivity contribution in [2.24, 2.45) is 0 Å². The van der Waals surface area contributed by atoms with E-state index in [1.165, 1.54) is 17.4 Å². The van der Waals surface area contributed by atoms with E-state index in [4.69, 9.17) is 9.47 Å². The third-order valence-electron chi connectivity index (χ3n) is 2.97. The van der Waals surface area contributed by atoms with Crippen molar-refractivity contribution in [1.82, 2.24) is 10.3 Å². The van der Waals surface area contributed by atoms with Crippen LogP contribution in [0.3, 0.4) is 0 Å². The van der Waals surface area contributed by atoms with Crippen LogP contribution in [-0.4, -0.2) is 37.8 Å². The number of thiazole rings is 1. The van der Waals surface area contributed by atoms with Gasteiger partial charge in [-0.2, -0.15) is 0 Å². The van der Waals surface area contributed by atoms with Crippen LogP contribution in [0.5, 0.6) is 5.75 Å². The summed E-state index contributed by atoms with van der Waals surface area (Å²) >= 11 is 1.22. The molecule has 2 aromatic rings. The number of rotatable bonds is 8. The molecule has 0 saturated carbocycles. The van der Waals surface area contributed by atoms with Crippen molar-refractivity contribution in [3.05, 3.63) is 35.1 Å². The van der Waals surface area contributed by atoms with Crippen molar-refractivity contribution in [2.45, 2.75) is 13.3 Å². The molecule has 23 heavy (non-hydrogen) atoms. The van der Waals surface area contributed by atoms with Gasteiger partial charge in [0.15, 0.2) is 0 Å². The summed E-state index contributed by atoms with van der Waals surface area (Å²) in [6.07, 6.45) is 0.859. The minimum atomic E-state index is -0.417. The predicted octanol–water partition coefficient (Wildman–Crippen LogP) is 3.11. The Kier molecular flexibility index (Phi) is 6.49. The Bertz CT molecular complexity index is 661. The van der Waals surface area contributed by atoms with Crippen LogP contribution >= 0.6 is 11.3 Å². The first-order chi connectivity index (χ1) is 11.2. The van der Waals surface area contributed by atoms with Crippen LogP contribution in [0, 0.1) is 5.82 Å². The molecule has 1 amide bonds. The molecule has 0 unspecified atom stereocenters. The number of aromatic nitrogens is 1. The van der Waals surface area contributed by atoms with Crippen LogP contribution in [0.15, 0.2) is 23.6 Å². The summed E-state index contributed by atoms with van der Waals surface area (Å²) in [6, 6.07) is 4.66. The molecular formula is C16H19FN2O3S. The Hall–Kier alpha value is -1.99. The monoisotopic (exact) mass is 338 g/mol. The van der Waals surface area contributed by atoms with Gasteiger partial charge < -0.3 is 14.8 Å². The number of nitrogens with one attached hydrogen (secondary N) is 1. The number of halogens is 1. The van der Waals surface area contributed by atoms with Crippen molar-refractivity contribution in [1.29, 1.82) is 0 Å². The first-order valence-electron chi connectivity index (χ1n) is 7.31. The maximum Gasteiger partial charge on any atom is 0.270 e. The van der Waals surface area contributed by atoms with E-state index in [0.29, 0.717) is 36.1 Å². The minimum absolute atomic E-state index is 0.270. The topological polar surface area (TPSA) is 60.5 Å². The molecule has 1 aromatic heterocycles. The fourth-order valence-corrected chi connectivity index (χ4v) is 2.66. The molecule has 5 nitrogen and oxygen atoms in total. The van der Waals surface area contributed by atoms with E-state index in [-0.39, 0.29) is 11.6 Å². The molecule has 0 spiro atoms. The summed E-state index contributed by atoms with van der Waals surface area (Å²) in [5.74, 6) is -0.227. The van der Waals surface area contributed by atoms with Gasteiger partial charge in [0.1, 0.15) is 22.3 Å². The number of amides is 1. The Morgan fingerprint density at radius 3 is 2.91 bits per heavy atom.